The molecule has 6 heteroatoms. The average Bonchev–Trinajstić information content (AvgIpc) is 2.60. The summed E-state index contributed by atoms with van der Waals surface area (Å²) < 4.78 is 0. The Kier molecular flexibility index (Phi) is 6.22. The molecular formula is C18H21N5O. The first-order chi connectivity index (χ1) is 11.6. The monoisotopic (exact) mass is 323 g/mol. The van der Waals surface area contributed by atoms with Crippen LogP contribution in [0.1, 0.15) is 12.5 Å². The molecule has 0 fully saturated rings. The summed E-state index contributed by atoms with van der Waals surface area (Å²) in [4.78, 5) is 6.34. The fourth-order valence-electron chi connectivity index (χ4n) is 1.91. The highest BCUT2D eigenvalue weighted by Gasteiger charge is 2.03. The minimum absolute atomic E-state index is 0.248. The molecule has 0 aliphatic heterocycles. The number of nitrogens with zero attached hydrogens (tertiary/aromatic N) is 4. The van der Waals surface area contributed by atoms with E-state index in [-0.39, 0.29) is 5.84 Å². The van der Waals surface area contributed by atoms with Gasteiger partial charge in [0.1, 0.15) is 5.71 Å². The second kappa shape index (κ2) is 8.59. The van der Waals surface area contributed by atoms with Crippen LogP contribution in [-0.4, -0.2) is 37.1 Å². The zero-order valence-corrected chi connectivity index (χ0v) is 14.0. The summed E-state index contributed by atoms with van der Waals surface area (Å²) in [5.41, 5.74) is 5.27. The van der Waals surface area contributed by atoms with Gasteiger partial charge >= 0.3 is 0 Å². The molecule has 0 bridgehead atoms. The maximum Gasteiger partial charge on any atom is 0.173 e. The highest BCUT2D eigenvalue weighted by Crippen LogP contribution is 2.18. The van der Waals surface area contributed by atoms with Crippen LogP contribution in [-0.2, 0) is 0 Å². The molecular weight excluding hydrogens is 302 g/mol. The maximum absolute atomic E-state index is 9.30. The Hall–Kier alpha value is -2.99. The second-order valence-electron chi connectivity index (χ2n) is 5.32. The van der Waals surface area contributed by atoms with E-state index in [1.165, 1.54) is 0 Å². The molecule has 2 N–H and O–H groups in total. The zero-order valence-electron chi connectivity index (χ0n) is 14.0. The van der Waals surface area contributed by atoms with Crippen LogP contribution in [0.4, 0.5) is 11.4 Å². The van der Waals surface area contributed by atoms with Crippen molar-refractivity contribution in [1.29, 1.82) is 0 Å². The van der Waals surface area contributed by atoms with Crippen LogP contribution in [0.2, 0.25) is 0 Å². The van der Waals surface area contributed by atoms with Crippen molar-refractivity contribution in [2.75, 3.05) is 19.0 Å². The van der Waals surface area contributed by atoms with E-state index >= 15 is 0 Å². The summed E-state index contributed by atoms with van der Waals surface area (Å²) in [7, 11) is 3.95. The smallest absolute Gasteiger partial charge is 0.173 e. The van der Waals surface area contributed by atoms with Crippen LogP contribution in [0.15, 0.2) is 69.8 Å². The molecule has 6 nitrogen and oxygen atoms in total. The average molecular weight is 323 g/mol. The molecule has 0 radical (unpaired) electrons. The molecule has 0 amide bonds. The fraction of sp³-hybridized carbons (Fsp3) is 0.167. The number of hydroxylamine groups is 1. The third-order valence-electron chi connectivity index (χ3n) is 3.27. The molecule has 0 saturated heterocycles. The lowest BCUT2D eigenvalue weighted by Gasteiger charge is -2.12. The van der Waals surface area contributed by atoms with Gasteiger partial charge in [-0.2, -0.15) is 10.2 Å². The number of hydrogen-bond donors (Lipinski definition) is 2. The van der Waals surface area contributed by atoms with E-state index in [2.05, 4.69) is 20.7 Å². The summed E-state index contributed by atoms with van der Waals surface area (Å²) >= 11 is 0. The van der Waals surface area contributed by atoms with E-state index < -0.39 is 0 Å². The van der Waals surface area contributed by atoms with E-state index in [1.807, 2.05) is 73.6 Å². The van der Waals surface area contributed by atoms with Gasteiger partial charge in [-0.25, -0.2) is 4.99 Å². The van der Waals surface area contributed by atoms with Gasteiger partial charge in [-0.05, 0) is 36.8 Å². The molecule has 124 valence electrons. The maximum atomic E-state index is 9.30. The van der Waals surface area contributed by atoms with Gasteiger partial charge in [0, 0.05) is 19.8 Å². The van der Waals surface area contributed by atoms with Gasteiger partial charge < -0.3 is 4.90 Å². The molecule has 2 aromatic carbocycles. The normalized spacial score (nSPS) is 12.5. The molecule has 0 aliphatic carbocycles. The SMILES string of the molecule is C/C(=N\N=C\c1ccccc1)C(=Nc1ccc(N(C)C)cc1)NO. The van der Waals surface area contributed by atoms with Crippen LogP contribution < -0.4 is 10.4 Å². The van der Waals surface area contributed by atoms with Crippen molar-refractivity contribution in [2.24, 2.45) is 15.2 Å². The molecule has 0 saturated carbocycles. The predicted molar refractivity (Wildman–Crippen MR) is 99.9 cm³/mol. The molecule has 2 aromatic rings. The zero-order chi connectivity index (χ0) is 17.4. The molecule has 0 unspecified atom stereocenters. The third-order valence-corrected chi connectivity index (χ3v) is 3.27. The van der Waals surface area contributed by atoms with Gasteiger partial charge in [-0.3, -0.25) is 10.7 Å². The van der Waals surface area contributed by atoms with Crippen molar-refractivity contribution in [3.8, 4) is 0 Å². The van der Waals surface area contributed by atoms with Gasteiger partial charge in [0.2, 0.25) is 0 Å². The number of aliphatic imine (C=N–C) groups is 1. The second-order valence-corrected chi connectivity index (χ2v) is 5.32. The van der Waals surface area contributed by atoms with Crippen molar-refractivity contribution < 1.29 is 5.21 Å². The summed E-state index contributed by atoms with van der Waals surface area (Å²) in [6, 6.07) is 17.3. The lowest BCUT2D eigenvalue weighted by molar-refractivity contribution is 0.236. The topological polar surface area (TPSA) is 72.6 Å². The van der Waals surface area contributed by atoms with Gasteiger partial charge in [0.15, 0.2) is 5.84 Å². The summed E-state index contributed by atoms with van der Waals surface area (Å²) in [5, 5.41) is 17.4. The van der Waals surface area contributed by atoms with Crippen LogP contribution >= 0.6 is 0 Å². The Morgan fingerprint density at radius 1 is 1.04 bits per heavy atom. The Balaban J connectivity index is 2.14. The van der Waals surface area contributed by atoms with Crippen LogP contribution in [0.25, 0.3) is 0 Å². The van der Waals surface area contributed by atoms with E-state index in [0.29, 0.717) is 11.4 Å². The number of hydrogen-bond acceptors (Lipinski definition) is 5. The largest absolute Gasteiger partial charge is 0.378 e. The summed E-state index contributed by atoms with van der Waals surface area (Å²) in [6.45, 7) is 1.72. The third kappa shape index (κ3) is 5.03. The minimum Gasteiger partial charge on any atom is -0.378 e. The van der Waals surface area contributed by atoms with Crippen LogP contribution in [0.3, 0.4) is 0 Å². The standard InChI is InChI=1S/C18H21N5O/c1-14(21-19-13-15-7-5-4-6-8-15)18(22-24)20-16-9-11-17(12-10-16)23(2)3/h4-13,24H,1-3H3,(H,20,22)/b19-13+,21-14+. The molecule has 0 spiro atoms. The lowest BCUT2D eigenvalue weighted by Crippen LogP contribution is -2.26. The van der Waals surface area contributed by atoms with Gasteiger partial charge in [0.25, 0.3) is 0 Å². The Labute approximate surface area is 141 Å². The molecule has 0 atom stereocenters. The van der Waals surface area contributed by atoms with Crippen molar-refractivity contribution in [3.63, 3.8) is 0 Å². The lowest BCUT2D eigenvalue weighted by atomic mass is 10.2. The first-order valence-electron chi connectivity index (χ1n) is 7.49. The first kappa shape index (κ1) is 17.4. The highest BCUT2D eigenvalue weighted by atomic mass is 16.5. The number of rotatable bonds is 5. The number of benzene rings is 2. The van der Waals surface area contributed by atoms with Crippen LogP contribution in [0, 0.1) is 0 Å². The van der Waals surface area contributed by atoms with Crippen molar-refractivity contribution in [1.82, 2.24) is 5.48 Å². The number of nitrogens with one attached hydrogen (secondary N) is 1. The first-order valence-corrected chi connectivity index (χ1v) is 7.49. The van der Waals surface area contributed by atoms with Gasteiger partial charge in [-0.15, -0.1) is 0 Å². The van der Waals surface area contributed by atoms with Crippen LogP contribution in [0.5, 0.6) is 0 Å². The Morgan fingerprint density at radius 2 is 1.71 bits per heavy atom. The minimum atomic E-state index is 0.248. The Bertz CT molecular complexity index is 734. The number of amidine groups is 1. The molecule has 24 heavy (non-hydrogen) atoms. The highest BCUT2D eigenvalue weighted by molar-refractivity contribution is 6.40. The number of anilines is 1. The fourth-order valence-corrected chi connectivity index (χ4v) is 1.91. The van der Waals surface area contributed by atoms with Crippen molar-refractivity contribution in [2.45, 2.75) is 6.92 Å². The Morgan fingerprint density at radius 3 is 2.29 bits per heavy atom. The van der Waals surface area contributed by atoms with E-state index in [9.17, 15) is 5.21 Å². The van der Waals surface area contributed by atoms with E-state index in [0.717, 1.165) is 11.3 Å². The van der Waals surface area contributed by atoms with Crippen molar-refractivity contribution >= 4 is 29.1 Å². The molecule has 0 aromatic heterocycles. The predicted octanol–water partition coefficient (Wildman–Crippen LogP) is 3.26. The molecule has 0 aliphatic rings. The molecule has 0 heterocycles. The van der Waals surface area contributed by atoms with Gasteiger partial charge in [-0.1, -0.05) is 30.3 Å². The quantitative estimate of drug-likeness (QED) is 0.504. The van der Waals surface area contributed by atoms with E-state index in [1.54, 1.807) is 13.1 Å². The van der Waals surface area contributed by atoms with E-state index in [4.69, 9.17) is 0 Å². The summed E-state index contributed by atoms with van der Waals surface area (Å²) in [6.07, 6.45) is 1.64. The molecule has 2 rings (SSSR count). The van der Waals surface area contributed by atoms with Crippen molar-refractivity contribution in [3.05, 3.63) is 60.2 Å². The summed E-state index contributed by atoms with van der Waals surface area (Å²) in [5.74, 6) is 0.248. The van der Waals surface area contributed by atoms with Gasteiger partial charge in [0.05, 0.1) is 11.9 Å².